The molecule has 0 spiro atoms. The van der Waals surface area contributed by atoms with Crippen LogP contribution in [0.4, 0.5) is 8.39 Å². The highest BCUT2D eigenvalue weighted by molar-refractivity contribution is 8.45. The summed E-state index contributed by atoms with van der Waals surface area (Å²) < 4.78 is 22.3. The number of hydrogen-bond acceptors (Lipinski definition) is 0. The molecule has 0 aromatic rings. The maximum absolute atomic E-state index is 11.2. The fourth-order valence-corrected chi connectivity index (χ4v) is 0. The van der Waals surface area contributed by atoms with Gasteiger partial charge in [0.2, 0.25) is 0 Å². The molecule has 32 valence electrons. The van der Waals surface area contributed by atoms with Crippen LogP contribution in [0.3, 0.4) is 0 Å². The van der Waals surface area contributed by atoms with Crippen LogP contribution in [0.25, 0.3) is 0 Å². The predicted molar refractivity (Wildman–Crippen MR) is 27.6 cm³/mol. The monoisotopic (exact) mass is 156 g/mol. The zero-order chi connectivity index (χ0) is 5.15. The van der Waals surface area contributed by atoms with E-state index in [0.717, 1.165) is 0 Å². The van der Waals surface area contributed by atoms with E-state index in [2.05, 4.69) is 19.8 Å². The lowest BCUT2D eigenvalue weighted by Gasteiger charge is -1.95. The van der Waals surface area contributed by atoms with Gasteiger partial charge in [0.1, 0.15) is 0 Å². The summed E-state index contributed by atoms with van der Waals surface area (Å²) in [7, 11) is 2.71. The molecule has 0 atom stereocenters. The summed E-state index contributed by atoms with van der Waals surface area (Å²) in [5.41, 5.74) is 0. The highest BCUT2D eigenvalue weighted by Crippen LogP contribution is 2.65. The molecule has 0 aliphatic heterocycles. The van der Waals surface area contributed by atoms with Gasteiger partial charge in [0.05, 0.1) is 19.8 Å². The van der Waals surface area contributed by atoms with Crippen LogP contribution in [0.15, 0.2) is 0 Å². The summed E-state index contributed by atoms with van der Waals surface area (Å²) in [6.45, 7) is -1.32. The van der Waals surface area contributed by atoms with Gasteiger partial charge < -0.3 is 0 Å². The molecular weight excluding hydrogens is 156 g/mol. The van der Waals surface area contributed by atoms with E-state index in [0.29, 0.717) is 0 Å². The summed E-state index contributed by atoms with van der Waals surface area (Å²) in [5, 5.41) is 0. The number of hydrogen-bond donors (Lipinski definition) is 0. The smallest absolute Gasteiger partial charge is 0.185 e. The maximum atomic E-state index is 11.2. The molecule has 6 heavy (non-hydrogen) atoms. The second-order valence-electron chi connectivity index (χ2n) is 0.527. The minimum Gasteiger partial charge on any atom is -0.185 e. The zero-order valence-corrected chi connectivity index (χ0v) is 6.44. The van der Waals surface area contributed by atoms with Crippen LogP contribution >= 0.6 is 14.9 Å². The van der Waals surface area contributed by atoms with Crippen LogP contribution in [0.1, 0.15) is 0 Å². The SMILES string of the molecule is FP(F)P([Si])[Si]. The summed E-state index contributed by atoms with van der Waals surface area (Å²) in [6, 6.07) is 0. The third-order valence-corrected chi connectivity index (χ3v) is 4.08. The van der Waals surface area contributed by atoms with Gasteiger partial charge in [-0.3, -0.25) is 0 Å². The van der Waals surface area contributed by atoms with E-state index < -0.39 is 14.9 Å². The topological polar surface area (TPSA) is 0 Å². The lowest BCUT2D eigenvalue weighted by molar-refractivity contribution is 0.774. The first-order valence-electron chi connectivity index (χ1n) is 0.985. The van der Waals surface area contributed by atoms with E-state index in [1.165, 1.54) is 0 Å². The Bertz CT molecular complexity index is 30.5. The lowest BCUT2D eigenvalue weighted by atomic mass is 18.8. The molecular formula is F2P2Si2. The molecule has 0 N–H and O–H groups in total. The Morgan fingerprint density at radius 1 is 1.17 bits per heavy atom. The quantitative estimate of drug-likeness (QED) is 0.401. The third kappa shape index (κ3) is 3.35. The zero-order valence-electron chi connectivity index (χ0n) is 2.65. The Labute approximate surface area is 43.9 Å². The molecule has 6 heteroatoms. The van der Waals surface area contributed by atoms with Crippen LogP contribution in [0.5, 0.6) is 0 Å². The normalized spacial score (nSPS) is 11.0. The molecule has 6 radical (unpaired) electrons. The van der Waals surface area contributed by atoms with Gasteiger partial charge in [0.15, 0.2) is 0 Å². The molecule has 0 unspecified atom stereocenters. The minimum absolute atomic E-state index is 1.32. The molecule has 0 saturated carbocycles. The molecule has 0 rings (SSSR count). The van der Waals surface area contributed by atoms with Crippen molar-refractivity contribution in [2.24, 2.45) is 0 Å². The molecule has 0 heterocycles. The van der Waals surface area contributed by atoms with Crippen molar-refractivity contribution in [2.75, 3.05) is 0 Å². The fraction of sp³-hybridized carbons (Fsp3) is 0. The van der Waals surface area contributed by atoms with Gasteiger partial charge in [-0.15, -0.1) is 0 Å². The van der Waals surface area contributed by atoms with Gasteiger partial charge in [0, 0.05) is 0 Å². The van der Waals surface area contributed by atoms with Crippen molar-refractivity contribution < 1.29 is 8.39 Å². The average Bonchev–Trinajstić information content (AvgIpc) is 1.36. The molecule has 0 aromatic carbocycles. The Morgan fingerprint density at radius 2 is 1.33 bits per heavy atom. The predicted octanol–water partition coefficient (Wildman–Crippen LogP) is 1.80. The molecule has 0 amide bonds. The van der Waals surface area contributed by atoms with Crippen molar-refractivity contribution in [2.45, 2.75) is 0 Å². The van der Waals surface area contributed by atoms with Crippen LogP contribution in [-0.4, -0.2) is 19.8 Å². The van der Waals surface area contributed by atoms with Crippen molar-refractivity contribution in [3.05, 3.63) is 0 Å². The summed E-state index contributed by atoms with van der Waals surface area (Å²) in [5.74, 6) is 0. The Hall–Kier alpha value is 1.15. The lowest BCUT2D eigenvalue weighted by Crippen LogP contribution is -1.55. The molecule has 0 saturated heterocycles. The number of rotatable bonds is 1. The Balaban J connectivity index is 2.99. The van der Waals surface area contributed by atoms with Crippen molar-refractivity contribution >= 4 is 34.8 Å². The van der Waals surface area contributed by atoms with Gasteiger partial charge in [-0.2, -0.15) is 8.39 Å². The van der Waals surface area contributed by atoms with Crippen molar-refractivity contribution in [1.29, 1.82) is 0 Å². The van der Waals surface area contributed by atoms with Crippen molar-refractivity contribution in [3.63, 3.8) is 0 Å². The number of halogens is 2. The Morgan fingerprint density at radius 3 is 1.33 bits per heavy atom. The van der Waals surface area contributed by atoms with E-state index in [9.17, 15) is 8.39 Å². The highest BCUT2D eigenvalue weighted by atomic mass is 32.3. The van der Waals surface area contributed by atoms with Crippen LogP contribution < -0.4 is 0 Å². The second kappa shape index (κ2) is 3.19. The van der Waals surface area contributed by atoms with Crippen LogP contribution in [0.2, 0.25) is 0 Å². The van der Waals surface area contributed by atoms with Crippen LogP contribution in [0, 0.1) is 0 Å². The van der Waals surface area contributed by atoms with Gasteiger partial charge in [0.25, 0.3) is 8.23 Å². The first-order chi connectivity index (χ1) is 2.64. The van der Waals surface area contributed by atoms with E-state index in [4.69, 9.17) is 0 Å². The first-order valence-corrected chi connectivity index (χ1v) is 6.84. The fourth-order valence-electron chi connectivity index (χ4n) is 0. The average molecular weight is 156 g/mol. The van der Waals surface area contributed by atoms with Crippen LogP contribution in [-0.2, 0) is 0 Å². The van der Waals surface area contributed by atoms with E-state index in [1.807, 2.05) is 0 Å². The van der Waals surface area contributed by atoms with Gasteiger partial charge in [-0.05, 0) is 0 Å². The van der Waals surface area contributed by atoms with E-state index >= 15 is 0 Å². The Kier molecular flexibility index (Phi) is 3.81. The largest absolute Gasteiger partial charge is 0.278 e. The van der Waals surface area contributed by atoms with Gasteiger partial charge in [-0.25, -0.2) is 0 Å². The van der Waals surface area contributed by atoms with E-state index in [-0.39, 0.29) is 0 Å². The molecule has 0 fully saturated rings. The third-order valence-electron chi connectivity index (χ3n) is 0.151. The highest BCUT2D eigenvalue weighted by Gasteiger charge is 2.07. The summed E-state index contributed by atoms with van der Waals surface area (Å²) in [4.78, 5) is 0. The molecule has 0 aromatic heterocycles. The molecule has 0 aliphatic carbocycles. The molecule has 0 bridgehead atoms. The second-order valence-corrected chi connectivity index (χ2v) is 9.97. The van der Waals surface area contributed by atoms with Gasteiger partial charge in [-0.1, -0.05) is 6.71 Å². The van der Waals surface area contributed by atoms with Gasteiger partial charge >= 0.3 is 0 Å². The summed E-state index contributed by atoms with van der Waals surface area (Å²) >= 11 is 0. The summed E-state index contributed by atoms with van der Waals surface area (Å²) in [6.07, 6.45) is 0. The van der Waals surface area contributed by atoms with Crippen molar-refractivity contribution in [3.8, 4) is 0 Å². The molecule has 0 nitrogen and oxygen atoms in total. The van der Waals surface area contributed by atoms with E-state index in [1.54, 1.807) is 0 Å². The standard InChI is InChI=1S/F2P2Si2/c1-3(2)4(5)6. The van der Waals surface area contributed by atoms with Crippen molar-refractivity contribution in [1.82, 2.24) is 0 Å². The molecule has 0 aliphatic rings. The first kappa shape index (κ1) is 7.15. The maximum Gasteiger partial charge on any atom is 0.278 e. The minimum atomic E-state index is -2.77.